The largest absolute Gasteiger partial charge is 0.490 e. The van der Waals surface area contributed by atoms with E-state index in [9.17, 15) is 4.79 Å². The Balaban J connectivity index is 1.63. The van der Waals surface area contributed by atoms with Crippen LogP contribution in [0.15, 0.2) is 24.3 Å². The van der Waals surface area contributed by atoms with Crippen molar-refractivity contribution in [1.29, 1.82) is 0 Å². The standard InChI is InChI=1S/C17H24N2O3/c1-2-21-15-5-3-4-6-16(15)22-12-17(20)19-13-7-8-14(19)11-18-10-9-13/h3-6,13-14,18H,2,7-12H2,1H3. The minimum atomic E-state index is 0.0804. The molecule has 0 radical (unpaired) electrons. The van der Waals surface area contributed by atoms with Gasteiger partial charge in [-0.1, -0.05) is 12.1 Å². The highest BCUT2D eigenvalue weighted by molar-refractivity contribution is 5.79. The summed E-state index contributed by atoms with van der Waals surface area (Å²) in [6.07, 6.45) is 3.25. The first kappa shape index (κ1) is 15.2. The summed E-state index contributed by atoms with van der Waals surface area (Å²) in [6.45, 7) is 4.49. The molecule has 5 heteroatoms. The van der Waals surface area contributed by atoms with E-state index in [1.54, 1.807) is 0 Å². The van der Waals surface area contributed by atoms with Crippen LogP contribution < -0.4 is 14.8 Å². The van der Waals surface area contributed by atoms with Crippen molar-refractivity contribution < 1.29 is 14.3 Å². The van der Waals surface area contributed by atoms with Crippen molar-refractivity contribution in [1.82, 2.24) is 10.2 Å². The van der Waals surface area contributed by atoms with Crippen molar-refractivity contribution in [3.8, 4) is 11.5 Å². The van der Waals surface area contributed by atoms with Crippen LogP contribution in [-0.2, 0) is 4.79 Å². The number of ether oxygens (including phenoxy) is 2. The number of benzene rings is 1. The molecule has 0 saturated carbocycles. The van der Waals surface area contributed by atoms with Gasteiger partial charge < -0.3 is 19.7 Å². The van der Waals surface area contributed by atoms with Gasteiger partial charge in [0.05, 0.1) is 6.61 Å². The third kappa shape index (κ3) is 3.19. The molecule has 2 aliphatic rings. The summed E-state index contributed by atoms with van der Waals surface area (Å²) in [5.74, 6) is 1.42. The molecular weight excluding hydrogens is 280 g/mol. The molecule has 2 unspecified atom stereocenters. The highest BCUT2D eigenvalue weighted by atomic mass is 16.5. The molecule has 2 fully saturated rings. The third-order valence-electron chi connectivity index (χ3n) is 4.44. The van der Waals surface area contributed by atoms with Crippen LogP contribution in [-0.4, -0.2) is 49.2 Å². The second kappa shape index (κ2) is 7.01. The monoisotopic (exact) mass is 304 g/mol. The number of carbonyl (C=O) groups is 1. The smallest absolute Gasteiger partial charge is 0.261 e. The van der Waals surface area contributed by atoms with Crippen LogP contribution in [0.25, 0.3) is 0 Å². The Bertz CT molecular complexity index is 506. The van der Waals surface area contributed by atoms with Gasteiger partial charge in [0.2, 0.25) is 0 Å². The first-order chi connectivity index (χ1) is 10.8. The summed E-state index contributed by atoms with van der Waals surface area (Å²) >= 11 is 0. The number of nitrogens with one attached hydrogen (secondary N) is 1. The van der Waals surface area contributed by atoms with Gasteiger partial charge in [-0.15, -0.1) is 0 Å². The molecule has 2 aliphatic heterocycles. The maximum absolute atomic E-state index is 12.6. The van der Waals surface area contributed by atoms with E-state index in [0.717, 1.165) is 32.4 Å². The topological polar surface area (TPSA) is 50.8 Å². The number of rotatable bonds is 5. The first-order valence-corrected chi connectivity index (χ1v) is 8.16. The number of para-hydroxylation sites is 2. The van der Waals surface area contributed by atoms with Crippen molar-refractivity contribution in [2.45, 2.75) is 38.3 Å². The first-order valence-electron chi connectivity index (χ1n) is 8.16. The van der Waals surface area contributed by atoms with Crippen molar-refractivity contribution >= 4 is 5.91 Å². The minimum Gasteiger partial charge on any atom is -0.490 e. The SMILES string of the molecule is CCOc1ccccc1OCC(=O)N1C2CCNCC1CC2. The molecule has 1 N–H and O–H groups in total. The van der Waals surface area contributed by atoms with Gasteiger partial charge in [-0.25, -0.2) is 0 Å². The summed E-state index contributed by atoms with van der Waals surface area (Å²) in [6, 6.07) is 8.20. The second-order valence-corrected chi connectivity index (χ2v) is 5.85. The summed E-state index contributed by atoms with van der Waals surface area (Å²) in [5, 5.41) is 3.41. The van der Waals surface area contributed by atoms with Gasteiger partial charge >= 0.3 is 0 Å². The number of hydrogen-bond donors (Lipinski definition) is 1. The lowest BCUT2D eigenvalue weighted by atomic mass is 10.1. The van der Waals surface area contributed by atoms with Crippen molar-refractivity contribution in [3.05, 3.63) is 24.3 Å². The number of hydrogen-bond acceptors (Lipinski definition) is 4. The molecule has 1 amide bonds. The molecule has 1 aromatic rings. The minimum absolute atomic E-state index is 0.0804. The fourth-order valence-corrected chi connectivity index (χ4v) is 3.45. The zero-order valence-electron chi connectivity index (χ0n) is 13.1. The van der Waals surface area contributed by atoms with Gasteiger partial charge in [0, 0.05) is 18.6 Å². The predicted octanol–water partition coefficient (Wildman–Crippen LogP) is 1.82. The Kier molecular flexibility index (Phi) is 4.83. The van der Waals surface area contributed by atoms with Gasteiger partial charge in [-0.3, -0.25) is 4.79 Å². The molecule has 2 saturated heterocycles. The molecule has 0 spiro atoms. The van der Waals surface area contributed by atoms with Gasteiger partial charge in [-0.2, -0.15) is 0 Å². The number of amides is 1. The Morgan fingerprint density at radius 3 is 2.68 bits per heavy atom. The fourth-order valence-electron chi connectivity index (χ4n) is 3.45. The van der Waals surface area contributed by atoms with Crippen molar-refractivity contribution in [2.75, 3.05) is 26.3 Å². The van der Waals surface area contributed by atoms with E-state index >= 15 is 0 Å². The van der Waals surface area contributed by atoms with E-state index < -0.39 is 0 Å². The number of nitrogens with zero attached hydrogens (tertiary/aromatic N) is 1. The average Bonchev–Trinajstić information content (AvgIpc) is 2.79. The summed E-state index contributed by atoms with van der Waals surface area (Å²) in [4.78, 5) is 14.6. The van der Waals surface area contributed by atoms with E-state index in [4.69, 9.17) is 9.47 Å². The molecule has 1 aromatic carbocycles. The van der Waals surface area contributed by atoms with Gasteiger partial charge in [0.25, 0.3) is 5.91 Å². The second-order valence-electron chi connectivity index (χ2n) is 5.85. The molecule has 22 heavy (non-hydrogen) atoms. The maximum atomic E-state index is 12.6. The highest BCUT2D eigenvalue weighted by Gasteiger charge is 2.37. The fraction of sp³-hybridized carbons (Fsp3) is 0.588. The molecule has 120 valence electrons. The third-order valence-corrected chi connectivity index (χ3v) is 4.44. The number of carbonyl (C=O) groups excluding carboxylic acids is 1. The maximum Gasteiger partial charge on any atom is 0.261 e. The van der Waals surface area contributed by atoms with Crippen LogP contribution in [0.1, 0.15) is 26.2 Å². The Morgan fingerprint density at radius 1 is 1.18 bits per heavy atom. The zero-order chi connectivity index (χ0) is 15.4. The van der Waals surface area contributed by atoms with E-state index in [0.29, 0.717) is 30.2 Å². The normalized spacial score (nSPS) is 24.0. The van der Waals surface area contributed by atoms with Crippen LogP contribution >= 0.6 is 0 Å². The molecule has 5 nitrogen and oxygen atoms in total. The Labute approximate surface area is 131 Å². The summed E-state index contributed by atoms with van der Waals surface area (Å²) < 4.78 is 11.3. The quantitative estimate of drug-likeness (QED) is 0.901. The van der Waals surface area contributed by atoms with Gasteiger partial charge in [0.1, 0.15) is 0 Å². The Morgan fingerprint density at radius 2 is 1.91 bits per heavy atom. The van der Waals surface area contributed by atoms with E-state index in [2.05, 4.69) is 5.32 Å². The van der Waals surface area contributed by atoms with Crippen LogP contribution in [0.4, 0.5) is 0 Å². The molecule has 3 rings (SSSR count). The lowest BCUT2D eigenvalue weighted by molar-refractivity contribution is -0.136. The zero-order valence-corrected chi connectivity index (χ0v) is 13.1. The average molecular weight is 304 g/mol. The van der Waals surface area contributed by atoms with Crippen molar-refractivity contribution in [2.24, 2.45) is 0 Å². The van der Waals surface area contributed by atoms with E-state index in [-0.39, 0.29) is 12.5 Å². The lowest BCUT2D eigenvalue weighted by Crippen LogP contribution is -2.44. The molecule has 2 bridgehead atoms. The summed E-state index contributed by atoms with van der Waals surface area (Å²) in [5.41, 5.74) is 0. The van der Waals surface area contributed by atoms with Gasteiger partial charge in [-0.05, 0) is 44.9 Å². The molecule has 0 aliphatic carbocycles. The number of fused-ring (bicyclic) bond motifs is 2. The molecule has 2 atom stereocenters. The van der Waals surface area contributed by atoms with Crippen LogP contribution in [0.2, 0.25) is 0 Å². The van der Waals surface area contributed by atoms with Crippen LogP contribution in [0.5, 0.6) is 11.5 Å². The molecule has 2 heterocycles. The summed E-state index contributed by atoms with van der Waals surface area (Å²) in [7, 11) is 0. The van der Waals surface area contributed by atoms with Crippen LogP contribution in [0.3, 0.4) is 0 Å². The highest BCUT2D eigenvalue weighted by Crippen LogP contribution is 2.29. The Hall–Kier alpha value is -1.75. The van der Waals surface area contributed by atoms with E-state index in [1.807, 2.05) is 36.1 Å². The van der Waals surface area contributed by atoms with Gasteiger partial charge in [0.15, 0.2) is 18.1 Å². The van der Waals surface area contributed by atoms with Crippen molar-refractivity contribution in [3.63, 3.8) is 0 Å². The van der Waals surface area contributed by atoms with E-state index in [1.165, 1.54) is 0 Å². The van der Waals surface area contributed by atoms with Crippen LogP contribution in [0, 0.1) is 0 Å². The molecule has 0 aromatic heterocycles. The predicted molar refractivity (Wildman–Crippen MR) is 84.2 cm³/mol. The lowest BCUT2D eigenvalue weighted by Gasteiger charge is -2.27. The molecular formula is C17H24N2O3.